The average Bonchev–Trinajstić information content (AvgIpc) is 2.40. The lowest BCUT2D eigenvalue weighted by atomic mass is 9.84. The van der Waals surface area contributed by atoms with Gasteiger partial charge in [0.05, 0.1) is 0 Å². The minimum atomic E-state index is -0.195. The minimum Gasteiger partial charge on any atom is -0.314 e. The fourth-order valence-electron chi connectivity index (χ4n) is 2.50. The lowest BCUT2D eigenvalue weighted by Crippen LogP contribution is -2.48. The first-order valence-electron chi connectivity index (χ1n) is 6.98. The molecular weight excluding hydrogens is 241 g/mol. The SMILES string of the molecule is CC(C)(CNCN1CCNCC1)c1ccccc1F. The molecule has 106 valence electrons. The summed E-state index contributed by atoms with van der Waals surface area (Å²) in [5.41, 5.74) is 0.585. The van der Waals surface area contributed by atoms with Gasteiger partial charge in [-0.1, -0.05) is 32.0 Å². The highest BCUT2D eigenvalue weighted by atomic mass is 19.1. The maximum absolute atomic E-state index is 13.8. The Morgan fingerprint density at radius 3 is 2.63 bits per heavy atom. The third-order valence-corrected chi connectivity index (χ3v) is 3.71. The molecule has 1 aromatic rings. The molecule has 0 spiro atoms. The quantitative estimate of drug-likeness (QED) is 0.846. The van der Waals surface area contributed by atoms with Crippen LogP contribution < -0.4 is 10.6 Å². The Kier molecular flexibility index (Phi) is 4.91. The molecule has 3 nitrogen and oxygen atoms in total. The number of benzene rings is 1. The lowest BCUT2D eigenvalue weighted by Gasteiger charge is -2.31. The predicted octanol–water partition coefficient (Wildman–Crippen LogP) is 1.56. The number of hydrogen-bond acceptors (Lipinski definition) is 3. The van der Waals surface area contributed by atoms with Gasteiger partial charge in [0.25, 0.3) is 0 Å². The highest BCUT2D eigenvalue weighted by Crippen LogP contribution is 2.24. The van der Waals surface area contributed by atoms with Gasteiger partial charge in [0, 0.05) is 44.8 Å². The number of piperazine rings is 1. The number of rotatable bonds is 5. The zero-order valence-electron chi connectivity index (χ0n) is 11.9. The fraction of sp³-hybridized carbons (Fsp3) is 0.600. The molecule has 2 N–H and O–H groups in total. The van der Waals surface area contributed by atoms with Crippen molar-refractivity contribution in [1.29, 1.82) is 0 Å². The number of hydrogen-bond donors (Lipinski definition) is 2. The molecule has 1 saturated heterocycles. The molecule has 1 fully saturated rings. The topological polar surface area (TPSA) is 27.3 Å². The summed E-state index contributed by atoms with van der Waals surface area (Å²) in [7, 11) is 0. The van der Waals surface area contributed by atoms with Crippen LogP contribution in [0.4, 0.5) is 4.39 Å². The van der Waals surface area contributed by atoms with E-state index in [2.05, 4.69) is 29.4 Å². The van der Waals surface area contributed by atoms with Crippen molar-refractivity contribution in [2.45, 2.75) is 19.3 Å². The molecule has 2 rings (SSSR count). The molecule has 19 heavy (non-hydrogen) atoms. The van der Waals surface area contributed by atoms with Crippen LogP contribution >= 0.6 is 0 Å². The van der Waals surface area contributed by atoms with E-state index in [9.17, 15) is 4.39 Å². The second-order valence-corrected chi connectivity index (χ2v) is 5.82. The molecule has 1 aromatic carbocycles. The Balaban J connectivity index is 1.85. The molecule has 1 aliphatic rings. The Morgan fingerprint density at radius 2 is 1.95 bits per heavy atom. The van der Waals surface area contributed by atoms with Crippen molar-refractivity contribution in [1.82, 2.24) is 15.5 Å². The molecule has 0 unspecified atom stereocenters. The Morgan fingerprint density at radius 1 is 1.26 bits per heavy atom. The van der Waals surface area contributed by atoms with Gasteiger partial charge in [0.1, 0.15) is 5.82 Å². The zero-order chi connectivity index (χ0) is 13.7. The van der Waals surface area contributed by atoms with Gasteiger partial charge in [0.2, 0.25) is 0 Å². The molecule has 0 saturated carbocycles. The van der Waals surface area contributed by atoms with E-state index in [4.69, 9.17) is 0 Å². The molecule has 1 heterocycles. The van der Waals surface area contributed by atoms with Crippen LogP contribution in [0.1, 0.15) is 19.4 Å². The highest BCUT2D eigenvalue weighted by molar-refractivity contribution is 5.25. The van der Waals surface area contributed by atoms with E-state index in [-0.39, 0.29) is 11.2 Å². The lowest BCUT2D eigenvalue weighted by molar-refractivity contribution is 0.217. The molecule has 0 atom stereocenters. The maximum atomic E-state index is 13.8. The highest BCUT2D eigenvalue weighted by Gasteiger charge is 2.23. The molecule has 0 aliphatic carbocycles. The number of halogens is 1. The molecular formula is C15H24FN3. The summed E-state index contributed by atoms with van der Waals surface area (Å²) in [4.78, 5) is 2.38. The average molecular weight is 265 g/mol. The van der Waals surface area contributed by atoms with Crippen LogP contribution in [0.3, 0.4) is 0 Å². The third-order valence-electron chi connectivity index (χ3n) is 3.71. The van der Waals surface area contributed by atoms with Crippen molar-refractivity contribution in [3.05, 3.63) is 35.6 Å². The Labute approximate surface area is 115 Å². The third kappa shape index (κ3) is 4.00. The zero-order valence-corrected chi connectivity index (χ0v) is 11.9. The number of nitrogens with zero attached hydrogens (tertiary/aromatic N) is 1. The monoisotopic (exact) mass is 265 g/mol. The van der Waals surface area contributed by atoms with Crippen molar-refractivity contribution in [2.75, 3.05) is 39.4 Å². The molecule has 0 aromatic heterocycles. The summed E-state index contributed by atoms with van der Waals surface area (Å²) in [5.74, 6) is -0.114. The molecule has 1 aliphatic heterocycles. The maximum Gasteiger partial charge on any atom is 0.126 e. The largest absolute Gasteiger partial charge is 0.314 e. The van der Waals surface area contributed by atoms with Crippen LogP contribution in [-0.2, 0) is 5.41 Å². The smallest absolute Gasteiger partial charge is 0.126 e. The Bertz CT molecular complexity index is 400. The van der Waals surface area contributed by atoms with Crippen LogP contribution in [0.15, 0.2) is 24.3 Å². The van der Waals surface area contributed by atoms with E-state index in [0.717, 1.165) is 45.0 Å². The normalized spacial score (nSPS) is 17.6. The fourth-order valence-corrected chi connectivity index (χ4v) is 2.50. The van der Waals surface area contributed by atoms with Gasteiger partial charge >= 0.3 is 0 Å². The van der Waals surface area contributed by atoms with E-state index < -0.39 is 0 Å². The summed E-state index contributed by atoms with van der Waals surface area (Å²) in [6, 6.07) is 7.05. The van der Waals surface area contributed by atoms with Gasteiger partial charge in [-0.15, -0.1) is 0 Å². The van der Waals surface area contributed by atoms with E-state index >= 15 is 0 Å². The number of nitrogens with one attached hydrogen (secondary N) is 2. The summed E-state index contributed by atoms with van der Waals surface area (Å²) in [6.45, 7) is 10.1. The summed E-state index contributed by atoms with van der Waals surface area (Å²) in [5, 5.41) is 6.79. The van der Waals surface area contributed by atoms with Crippen LogP contribution in [0.5, 0.6) is 0 Å². The van der Waals surface area contributed by atoms with Gasteiger partial charge < -0.3 is 10.6 Å². The van der Waals surface area contributed by atoms with Crippen LogP contribution in [0, 0.1) is 5.82 Å². The van der Waals surface area contributed by atoms with Crippen molar-refractivity contribution >= 4 is 0 Å². The molecule has 0 bridgehead atoms. The second-order valence-electron chi connectivity index (χ2n) is 5.82. The van der Waals surface area contributed by atoms with Crippen molar-refractivity contribution in [2.24, 2.45) is 0 Å². The van der Waals surface area contributed by atoms with Gasteiger partial charge in [-0.2, -0.15) is 0 Å². The van der Waals surface area contributed by atoms with Crippen molar-refractivity contribution in [3.8, 4) is 0 Å². The van der Waals surface area contributed by atoms with E-state index in [1.807, 2.05) is 12.1 Å². The van der Waals surface area contributed by atoms with Crippen LogP contribution in [-0.4, -0.2) is 44.3 Å². The molecule has 0 amide bonds. The predicted molar refractivity (Wildman–Crippen MR) is 76.7 cm³/mol. The second kappa shape index (κ2) is 6.46. The molecule has 4 heteroatoms. The van der Waals surface area contributed by atoms with Gasteiger partial charge in [-0.25, -0.2) is 4.39 Å². The summed E-state index contributed by atoms with van der Waals surface area (Å²) in [6.07, 6.45) is 0. The Hall–Kier alpha value is -0.970. The van der Waals surface area contributed by atoms with Gasteiger partial charge in [-0.05, 0) is 11.6 Å². The van der Waals surface area contributed by atoms with Crippen LogP contribution in [0.2, 0.25) is 0 Å². The van der Waals surface area contributed by atoms with E-state index in [1.54, 1.807) is 6.07 Å². The van der Waals surface area contributed by atoms with E-state index in [0.29, 0.717) is 0 Å². The standard InChI is InChI=1S/C15H24FN3/c1-15(2,13-5-3-4-6-14(13)16)11-18-12-19-9-7-17-8-10-19/h3-6,17-18H,7-12H2,1-2H3. The van der Waals surface area contributed by atoms with Gasteiger partial charge in [-0.3, -0.25) is 4.90 Å². The first-order chi connectivity index (χ1) is 9.09. The first-order valence-corrected chi connectivity index (χ1v) is 6.98. The minimum absolute atomic E-state index is 0.114. The first kappa shape index (κ1) is 14.4. The summed E-state index contributed by atoms with van der Waals surface area (Å²) < 4.78 is 13.8. The van der Waals surface area contributed by atoms with Crippen molar-refractivity contribution < 1.29 is 4.39 Å². The van der Waals surface area contributed by atoms with Crippen molar-refractivity contribution in [3.63, 3.8) is 0 Å². The molecule has 0 radical (unpaired) electrons. The summed E-state index contributed by atoms with van der Waals surface area (Å²) >= 11 is 0. The van der Waals surface area contributed by atoms with E-state index in [1.165, 1.54) is 6.07 Å². The van der Waals surface area contributed by atoms with Crippen LogP contribution in [0.25, 0.3) is 0 Å². The van der Waals surface area contributed by atoms with Gasteiger partial charge in [0.15, 0.2) is 0 Å².